The van der Waals surface area contributed by atoms with Crippen LogP contribution in [0, 0.1) is 5.92 Å². The molecule has 2 rings (SSSR count). The fraction of sp³-hybridized carbons (Fsp3) is 0.368. The van der Waals surface area contributed by atoms with Crippen molar-refractivity contribution in [2.75, 3.05) is 26.2 Å². The van der Waals surface area contributed by atoms with Crippen LogP contribution >= 0.6 is 0 Å². The Hall–Kier alpha value is -3.16. The third-order valence-corrected chi connectivity index (χ3v) is 4.07. The molecule has 0 unspecified atom stereocenters. The first kappa shape index (κ1) is 20.2. The fourth-order valence-corrected chi connectivity index (χ4v) is 2.68. The molecule has 1 atom stereocenters. The second-order valence-corrected chi connectivity index (χ2v) is 6.13. The minimum Gasteiger partial charge on any atom is -0.455 e. The van der Waals surface area contributed by atoms with E-state index in [1.165, 1.54) is 6.08 Å². The van der Waals surface area contributed by atoms with Gasteiger partial charge in [-0.2, -0.15) is 0 Å². The van der Waals surface area contributed by atoms with Crippen molar-refractivity contribution in [2.24, 2.45) is 5.92 Å². The van der Waals surface area contributed by atoms with E-state index in [4.69, 9.17) is 4.74 Å². The lowest BCUT2D eigenvalue weighted by atomic mass is 10.1. The van der Waals surface area contributed by atoms with Crippen LogP contribution in [-0.2, 0) is 25.5 Å². The molecule has 1 aliphatic rings. The van der Waals surface area contributed by atoms with Crippen LogP contribution in [0.1, 0.15) is 12.0 Å². The summed E-state index contributed by atoms with van der Waals surface area (Å²) >= 11 is 0. The highest BCUT2D eigenvalue weighted by Crippen LogP contribution is 2.19. The molecule has 1 aromatic carbocycles. The molecule has 1 fully saturated rings. The summed E-state index contributed by atoms with van der Waals surface area (Å²) in [6, 6.07) is 9.06. The molecule has 0 radical (unpaired) electrons. The topological polar surface area (TPSA) is 105 Å². The molecule has 0 aromatic heterocycles. The predicted molar refractivity (Wildman–Crippen MR) is 97.5 cm³/mol. The van der Waals surface area contributed by atoms with Gasteiger partial charge in [0.05, 0.1) is 5.92 Å². The number of hydrogen-bond acceptors (Lipinski definition) is 5. The van der Waals surface area contributed by atoms with Crippen molar-refractivity contribution < 1.29 is 23.9 Å². The van der Waals surface area contributed by atoms with Crippen molar-refractivity contribution in [1.29, 1.82) is 0 Å². The standard InChI is InChI=1S/C19H23N3O5/c1-2-9-20-19(26)21-16(23)13-27-18(25)15-11-17(24)22(12-15)10-8-14-6-4-3-5-7-14/h2-7,15H,1,8-13H2,(H2,20,21,23,26)/t15-/m0/s1. The summed E-state index contributed by atoms with van der Waals surface area (Å²) in [5.74, 6) is -2.07. The number of amides is 4. The van der Waals surface area contributed by atoms with Crippen LogP contribution in [0.15, 0.2) is 43.0 Å². The first-order valence-corrected chi connectivity index (χ1v) is 8.66. The number of esters is 1. The van der Waals surface area contributed by atoms with Crippen molar-refractivity contribution >= 4 is 23.8 Å². The number of likely N-dealkylation sites (tertiary alicyclic amines) is 1. The average Bonchev–Trinajstić information content (AvgIpc) is 3.04. The van der Waals surface area contributed by atoms with Gasteiger partial charge in [-0.05, 0) is 12.0 Å². The lowest BCUT2D eigenvalue weighted by Crippen LogP contribution is -2.41. The van der Waals surface area contributed by atoms with E-state index in [1.54, 1.807) is 4.90 Å². The zero-order valence-electron chi connectivity index (χ0n) is 15.0. The molecular weight excluding hydrogens is 350 g/mol. The van der Waals surface area contributed by atoms with Gasteiger partial charge in [0.15, 0.2) is 6.61 Å². The summed E-state index contributed by atoms with van der Waals surface area (Å²) in [5.41, 5.74) is 1.11. The van der Waals surface area contributed by atoms with Crippen LogP contribution in [-0.4, -0.2) is 55.0 Å². The second kappa shape index (κ2) is 10.1. The number of hydrogen-bond donors (Lipinski definition) is 2. The van der Waals surface area contributed by atoms with Crippen LogP contribution in [0.25, 0.3) is 0 Å². The molecule has 144 valence electrons. The van der Waals surface area contributed by atoms with Crippen LogP contribution in [0.2, 0.25) is 0 Å². The summed E-state index contributed by atoms with van der Waals surface area (Å²) in [6.45, 7) is 3.86. The van der Waals surface area contributed by atoms with E-state index in [0.717, 1.165) is 5.56 Å². The lowest BCUT2D eigenvalue weighted by Gasteiger charge is -2.16. The molecule has 1 heterocycles. The van der Waals surface area contributed by atoms with Crippen molar-refractivity contribution in [1.82, 2.24) is 15.5 Å². The van der Waals surface area contributed by atoms with E-state index in [-0.39, 0.29) is 25.4 Å². The molecule has 0 saturated carbocycles. The highest BCUT2D eigenvalue weighted by atomic mass is 16.5. The zero-order valence-corrected chi connectivity index (χ0v) is 15.0. The first-order valence-electron chi connectivity index (χ1n) is 8.66. The van der Waals surface area contributed by atoms with E-state index in [1.807, 2.05) is 35.6 Å². The molecule has 0 spiro atoms. The Morgan fingerprint density at radius 2 is 2.00 bits per heavy atom. The molecule has 27 heavy (non-hydrogen) atoms. The first-order chi connectivity index (χ1) is 13.0. The third-order valence-electron chi connectivity index (χ3n) is 4.07. The minimum absolute atomic E-state index is 0.0645. The van der Waals surface area contributed by atoms with Crippen molar-refractivity contribution in [3.05, 3.63) is 48.6 Å². The van der Waals surface area contributed by atoms with E-state index in [9.17, 15) is 19.2 Å². The van der Waals surface area contributed by atoms with Crippen molar-refractivity contribution in [2.45, 2.75) is 12.8 Å². The molecule has 1 aromatic rings. The highest BCUT2D eigenvalue weighted by molar-refractivity contribution is 5.96. The Labute approximate surface area is 157 Å². The quantitative estimate of drug-likeness (QED) is 0.514. The SMILES string of the molecule is C=CCNC(=O)NC(=O)COC(=O)[C@H]1CC(=O)N(CCc2ccccc2)C1. The molecule has 4 amide bonds. The highest BCUT2D eigenvalue weighted by Gasteiger charge is 2.35. The number of urea groups is 1. The monoisotopic (exact) mass is 373 g/mol. The number of benzene rings is 1. The lowest BCUT2D eigenvalue weighted by molar-refractivity contribution is -0.152. The maximum Gasteiger partial charge on any atom is 0.321 e. The molecule has 1 saturated heterocycles. The number of carbonyl (C=O) groups is 4. The number of carbonyl (C=O) groups excluding carboxylic acids is 4. The Balaban J connectivity index is 1.72. The number of rotatable bonds is 8. The molecule has 0 aliphatic carbocycles. The summed E-state index contributed by atoms with van der Waals surface area (Å²) in [5, 5.41) is 4.39. The maximum atomic E-state index is 12.1. The maximum absolute atomic E-state index is 12.1. The second-order valence-electron chi connectivity index (χ2n) is 6.13. The molecule has 1 aliphatic heterocycles. The third kappa shape index (κ3) is 6.58. The summed E-state index contributed by atoms with van der Waals surface area (Å²) < 4.78 is 4.92. The molecule has 8 nitrogen and oxygen atoms in total. The Morgan fingerprint density at radius 3 is 2.70 bits per heavy atom. The van der Waals surface area contributed by atoms with Gasteiger partial charge in [-0.15, -0.1) is 6.58 Å². The van der Waals surface area contributed by atoms with Gasteiger partial charge < -0.3 is 15.0 Å². The van der Waals surface area contributed by atoms with Gasteiger partial charge in [0, 0.05) is 26.1 Å². The Bertz CT molecular complexity index is 705. The molecular formula is C19H23N3O5. The Morgan fingerprint density at radius 1 is 1.26 bits per heavy atom. The van der Waals surface area contributed by atoms with Crippen molar-refractivity contribution in [3.63, 3.8) is 0 Å². The number of nitrogens with one attached hydrogen (secondary N) is 2. The smallest absolute Gasteiger partial charge is 0.321 e. The summed E-state index contributed by atoms with van der Waals surface area (Å²) in [7, 11) is 0. The van der Waals surface area contributed by atoms with Crippen LogP contribution in [0.4, 0.5) is 4.79 Å². The van der Waals surface area contributed by atoms with Crippen LogP contribution in [0.3, 0.4) is 0 Å². The van der Waals surface area contributed by atoms with Crippen LogP contribution < -0.4 is 10.6 Å². The van der Waals surface area contributed by atoms with Gasteiger partial charge in [0.2, 0.25) is 5.91 Å². The van der Waals surface area contributed by atoms with Gasteiger partial charge in [0.1, 0.15) is 0 Å². The Kier molecular flexibility index (Phi) is 7.54. The number of ether oxygens (including phenoxy) is 1. The van der Waals surface area contributed by atoms with Gasteiger partial charge >= 0.3 is 12.0 Å². The van der Waals surface area contributed by atoms with E-state index in [0.29, 0.717) is 13.0 Å². The number of nitrogens with zero attached hydrogens (tertiary/aromatic N) is 1. The van der Waals surface area contributed by atoms with Crippen molar-refractivity contribution in [3.8, 4) is 0 Å². The van der Waals surface area contributed by atoms with Gasteiger partial charge in [-0.1, -0.05) is 36.4 Å². The molecule has 8 heteroatoms. The minimum atomic E-state index is -0.741. The molecule has 0 bridgehead atoms. The normalized spacial score (nSPS) is 15.9. The van der Waals surface area contributed by atoms with E-state index in [2.05, 4.69) is 11.9 Å². The van der Waals surface area contributed by atoms with E-state index >= 15 is 0 Å². The number of imide groups is 1. The molecule has 2 N–H and O–H groups in total. The summed E-state index contributed by atoms with van der Waals surface area (Å²) in [4.78, 5) is 48.7. The zero-order chi connectivity index (χ0) is 19.6. The predicted octanol–water partition coefficient (Wildman–Crippen LogP) is 0.633. The average molecular weight is 373 g/mol. The summed E-state index contributed by atoms with van der Waals surface area (Å²) in [6.07, 6.45) is 2.23. The largest absolute Gasteiger partial charge is 0.455 e. The van der Waals surface area contributed by atoms with E-state index < -0.39 is 30.4 Å². The van der Waals surface area contributed by atoms with Crippen LogP contribution in [0.5, 0.6) is 0 Å². The van der Waals surface area contributed by atoms with Gasteiger partial charge in [0.25, 0.3) is 5.91 Å². The fourth-order valence-electron chi connectivity index (χ4n) is 2.68. The van der Waals surface area contributed by atoms with Gasteiger partial charge in [-0.25, -0.2) is 4.79 Å². The van der Waals surface area contributed by atoms with Gasteiger partial charge in [-0.3, -0.25) is 19.7 Å².